The van der Waals surface area contributed by atoms with Gasteiger partial charge in [-0.3, -0.25) is 4.79 Å². The van der Waals surface area contributed by atoms with Crippen molar-refractivity contribution in [3.8, 4) is 0 Å². The number of carbonyl (C=O) groups excluding carboxylic acids is 1. The molecule has 1 amide bonds. The molecule has 0 radical (unpaired) electrons. The lowest BCUT2D eigenvalue weighted by Gasteiger charge is -2.28. The molecule has 12 heteroatoms. The number of alkyl halides is 3. The van der Waals surface area contributed by atoms with Crippen molar-refractivity contribution in [3.63, 3.8) is 0 Å². The molecule has 0 aliphatic carbocycles. The zero-order valence-corrected chi connectivity index (χ0v) is 16.4. The van der Waals surface area contributed by atoms with E-state index in [-0.39, 0.29) is 16.1 Å². The number of aryl methyl sites for hydroxylation is 1. The SMILES string of the molecule is Cc1sc(S(=O)(=O)NC(C)(C)C(F)(F)F)cc1C(=O)Nc1ccc(F)c(F)c1. The second-order valence-corrected chi connectivity index (χ2v) is 9.51. The summed E-state index contributed by atoms with van der Waals surface area (Å²) in [6.45, 7) is 2.74. The highest BCUT2D eigenvalue weighted by Gasteiger charge is 2.50. The molecule has 5 nitrogen and oxygen atoms in total. The monoisotopic (exact) mass is 442 g/mol. The van der Waals surface area contributed by atoms with Crippen LogP contribution in [0.4, 0.5) is 27.6 Å². The van der Waals surface area contributed by atoms with Gasteiger partial charge >= 0.3 is 6.18 Å². The van der Waals surface area contributed by atoms with Gasteiger partial charge in [-0.05, 0) is 39.0 Å². The summed E-state index contributed by atoms with van der Waals surface area (Å²) in [6, 6.07) is 3.55. The highest BCUT2D eigenvalue weighted by Crippen LogP contribution is 2.33. The van der Waals surface area contributed by atoms with E-state index in [1.54, 1.807) is 4.72 Å². The van der Waals surface area contributed by atoms with Crippen LogP contribution in [0.5, 0.6) is 0 Å². The Bertz CT molecular complexity index is 1010. The summed E-state index contributed by atoms with van der Waals surface area (Å²) in [5, 5.41) is 2.27. The van der Waals surface area contributed by atoms with Crippen molar-refractivity contribution in [2.75, 3.05) is 5.32 Å². The average Bonchev–Trinajstić information content (AvgIpc) is 2.92. The van der Waals surface area contributed by atoms with Crippen molar-refractivity contribution >= 4 is 33.0 Å². The van der Waals surface area contributed by atoms with Gasteiger partial charge in [0.05, 0.1) is 5.56 Å². The van der Waals surface area contributed by atoms with E-state index in [2.05, 4.69) is 5.32 Å². The molecule has 1 aromatic heterocycles. The van der Waals surface area contributed by atoms with Gasteiger partial charge in [0.25, 0.3) is 15.9 Å². The summed E-state index contributed by atoms with van der Waals surface area (Å²) in [7, 11) is -4.56. The molecule has 1 aromatic carbocycles. The molecule has 0 saturated carbocycles. The van der Waals surface area contributed by atoms with E-state index in [9.17, 15) is 35.2 Å². The minimum atomic E-state index is -4.83. The molecule has 0 aliphatic heterocycles. The Hall–Kier alpha value is -2.05. The number of nitrogens with one attached hydrogen (secondary N) is 2. The Morgan fingerprint density at radius 1 is 1.07 bits per heavy atom. The first-order chi connectivity index (χ1) is 12.6. The Kier molecular flexibility index (Phi) is 5.89. The summed E-state index contributed by atoms with van der Waals surface area (Å²) in [5.74, 6) is -3.13. The van der Waals surface area contributed by atoms with Crippen molar-refractivity contribution in [1.82, 2.24) is 4.72 Å². The van der Waals surface area contributed by atoms with Crippen molar-refractivity contribution in [2.24, 2.45) is 0 Å². The van der Waals surface area contributed by atoms with Gasteiger partial charge in [-0.2, -0.15) is 17.9 Å². The van der Waals surface area contributed by atoms with Crippen LogP contribution in [0, 0.1) is 18.6 Å². The number of benzene rings is 1. The molecule has 0 bridgehead atoms. The molecule has 2 aromatic rings. The lowest BCUT2D eigenvalue weighted by molar-refractivity contribution is -0.180. The van der Waals surface area contributed by atoms with Crippen LogP contribution in [0.25, 0.3) is 0 Å². The number of hydrogen-bond donors (Lipinski definition) is 2. The number of sulfonamides is 1. The van der Waals surface area contributed by atoms with Gasteiger partial charge in [-0.1, -0.05) is 0 Å². The molecule has 28 heavy (non-hydrogen) atoms. The average molecular weight is 442 g/mol. The third kappa shape index (κ3) is 4.67. The Morgan fingerprint density at radius 3 is 2.21 bits per heavy atom. The highest BCUT2D eigenvalue weighted by atomic mass is 32.2. The second kappa shape index (κ2) is 7.41. The minimum absolute atomic E-state index is 0.0739. The molecule has 2 N–H and O–H groups in total. The van der Waals surface area contributed by atoms with E-state index in [4.69, 9.17) is 0 Å². The van der Waals surface area contributed by atoms with E-state index in [0.717, 1.165) is 24.3 Å². The summed E-state index contributed by atoms with van der Waals surface area (Å²) >= 11 is 0.604. The maximum atomic E-state index is 13.2. The van der Waals surface area contributed by atoms with E-state index < -0.39 is 43.5 Å². The van der Waals surface area contributed by atoms with Crippen molar-refractivity contribution in [3.05, 3.63) is 46.3 Å². The maximum Gasteiger partial charge on any atom is 0.407 e. The van der Waals surface area contributed by atoms with Crippen LogP contribution in [-0.2, 0) is 10.0 Å². The molecule has 0 aliphatic rings. The summed E-state index contributed by atoms with van der Waals surface area (Å²) in [5.41, 5.74) is -2.92. The number of halogens is 5. The smallest absolute Gasteiger partial charge is 0.322 e. The summed E-state index contributed by atoms with van der Waals surface area (Å²) in [4.78, 5) is 12.5. The molecule has 0 unspecified atom stereocenters. The topological polar surface area (TPSA) is 75.3 Å². The number of thiophene rings is 1. The Balaban J connectivity index is 2.28. The first kappa shape index (κ1) is 22.2. The van der Waals surface area contributed by atoms with Gasteiger partial charge in [-0.25, -0.2) is 17.2 Å². The number of amides is 1. The highest BCUT2D eigenvalue weighted by molar-refractivity contribution is 7.91. The van der Waals surface area contributed by atoms with Crippen LogP contribution < -0.4 is 10.0 Å². The molecule has 0 spiro atoms. The molecule has 2 rings (SSSR count). The molecular weight excluding hydrogens is 427 g/mol. The van der Waals surface area contributed by atoms with Crippen LogP contribution in [0.2, 0.25) is 0 Å². The number of carbonyl (C=O) groups is 1. The van der Waals surface area contributed by atoms with Gasteiger partial charge < -0.3 is 5.32 Å². The van der Waals surface area contributed by atoms with Crippen molar-refractivity contribution in [2.45, 2.75) is 36.7 Å². The van der Waals surface area contributed by atoms with E-state index >= 15 is 0 Å². The standard InChI is InChI=1S/C16H15F5N2O3S2/c1-8-10(14(24)22-9-4-5-11(17)12(18)6-9)7-13(27-8)28(25,26)23-15(2,3)16(19,20)21/h4-7,23H,1-3H3,(H,22,24). The van der Waals surface area contributed by atoms with Gasteiger partial charge in [0.2, 0.25) is 0 Å². The predicted octanol–water partition coefficient (Wildman–Crippen LogP) is 4.21. The van der Waals surface area contributed by atoms with Gasteiger partial charge in [0.1, 0.15) is 9.75 Å². The Labute approximate surface area is 161 Å². The number of hydrogen-bond acceptors (Lipinski definition) is 4. The van der Waals surface area contributed by atoms with Crippen LogP contribution in [0.3, 0.4) is 0 Å². The van der Waals surface area contributed by atoms with Crippen LogP contribution in [-0.4, -0.2) is 26.0 Å². The predicted molar refractivity (Wildman–Crippen MR) is 93.8 cm³/mol. The molecule has 1 heterocycles. The van der Waals surface area contributed by atoms with Crippen molar-refractivity contribution < 1.29 is 35.2 Å². The summed E-state index contributed by atoms with van der Waals surface area (Å²) in [6.07, 6.45) is -4.83. The lowest BCUT2D eigenvalue weighted by Crippen LogP contribution is -2.53. The van der Waals surface area contributed by atoms with Crippen LogP contribution in [0.1, 0.15) is 29.1 Å². The van der Waals surface area contributed by atoms with Crippen molar-refractivity contribution in [1.29, 1.82) is 0 Å². The van der Waals surface area contributed by atoms with Gasteiger partial charge in [0, 0.05) is 16.6 Å². The van der Waals surface area contributed by atoms with E-state index in [1.807, 2.05) is 0 Å². The number of anilines is 1. The zero-order valence-electron chi connectivity index (χ0n) is 14.7. The van der Waals surface area contributed by atoms with E-state index in [0.29, 0.717) is 25.2 Å². The Morgan fingerprint density at radius 2 is 1.68 bits per heavy atom. The lowest BCUT2D eigenvalue weighted by atomic mass is 10.1. The third-order valence-electron chi connectivity index (χ3n) is 3.68. The van der Waals surface area contributed by atoms with Gasteiger partial charge in [0.15, 0.2) is 11.6 Å². The molecule has 0 saturated heterocycles. The fraction of sp³-hybridized carbons (Fsp3) is 0.312. The fourth-order valence-corrected chi connectivity index (χ4v) is 4.87. The van der Waals surface area contributed by atoms with E-state index in [1.165, 1.54) is 6.92 Å². The first-order valence-corrected chi connectivity index (χ1v) is 9.91. The third-order valence-corrected chi connectivity index (χ3v) is 6.86. The summed E-state index contributed by atoms with van der Waals surface area (Å²) < 4.78 is 90.7. The zero-order chi connectivity index (χ0) is 21.5. The molecule has 0 fully saturated rings. The van der Waals surface area contributed by atoms with Crippen LogP contribution in [0.15, 0.2) is 28.5 Å². The largest absolute Gasteiger partial charge is 0.407 e. The van der Waals surface area contributed by atoms with Crippen LogP contribution >= 0.6 is 11.3 Å². The normalized spacial score (nSPS) is 12.9. The quantitative estimate of drug-likeness (QED) is 0.682. The molecule has 0 atom stereocenters. The minimum Gasteiger partial charge on any atom is -0.322 e. The fourth-order valence-electron chi connectivity index (χ4n) is 2.03. The first-order valence-electron chi connectivity index (χ1n) is 7.61. The number of rotatable bonds is 5. The molecular formula is C16H15F5N2O3S2. The maximum absolute atomic E-state index is 13.2. The second-order valence-electron chi connectivity index (χ2n) is 6.35. The van der Waals surface area contributed by atoms with Gasteiger partial charge in [-0.15, -0.1) is 11.3 Å². The molecule has 154 valence electrons.